The lowest BCUT2D eigenvalue weighted by Crippen LogP contribution is -1.99. The van der Waals surface area contributed by atoms with Crippen LogP contribution in [0.4, 0.5) is 0 Å². The Morgan fingerprint density at radius 2 is 1.89 bits per heavy atom. The highest BCUT2D eigenvalue weighted by atomic mass is 35.5. The molecule has 0 saturated carbocycles. The highest BCUT2D eigenvalue weighted by Gasteiger charge is 2.03. The summed E-state index contributed by atoms with van der Waals surface area (Å²) in [5, 5.41) is 0.594. The van der Waals surface area contributed by atoms with E-state index in [0.29, 0.717) is 23.4 Å². The molecule has 0 unspecified atom stereocenters. The van der Waals surface area contributed by atoms with Crippen LogP contribution in [0.5, 0.6) is 5.88 Å². The lowest BCUT2D eigenvalue weighted by Gasteiger charge is -2.07. The van der Waals surface area contributed by atoms with E-state index in [0.717, 1.165) is 12.0 Å². The molecule has 0 atom stereocenters. The van der Waals surface area contributed by atoms with E-state index >= 15 is 0 Å². The van der Waals surface area contributed by atoms with Crippen molar-refractivity contribution in [2.45, 2.75) is 51.3 Å². The Balaban J connectivity index is 2.19. The third-order valence-corrected chi connectivity index (χ3v) is 3.43. The van der Waals surface area contributed by atoms with Crippen molar-refractivity contribution in [1.29, 1.82) is 0 Å². The Morgan fingerprint density at radius 1 is 1.17 bits per heavy atom. The second-order valence-electron chi connectivity index (χ2n) is 4.36. The van der Waals surface area contributed by atoms with Gasteiger partial charge in [0.15, 0.2) is 0 Å². The summed E-state index contributed by atoms with van der Waals surface area (Å²) in [5.74, 6) is 0.998. The largest absolute Gasteiger partial charge is 0.478 e. The molecule has 0 saturated heterocycles. The fourth-order valence-electron chi connectivity index (χ4n) is 1.70. The molecule has 4 heteroatoms. The number of unbranched alkanes of at least 4 members (excludes halogenated alkanes) is 5. The van der Waals surface area contributed by atoms with Gasteiger partial charge in [-0.25, -0.2) is 4.98 Å². The van der Waals surface area contributed by atoms with Crippen LogP contribution >= 0.6 is 23.2 Å². The normalized spacial score (nSPS) is 10.6. The quantitative estimate of drug-likeness (QED) is 0.460. The first-order chi connectivity index (χ1) is 8.77. The van der Waals surface area contributed by atoms with Crippen LogP contribution < -0.4 is 4.74 Å². The van der Waals surface area contributed by atoms with Gasteiger partial charge in [0.25, 0.3) is 0 Å². The van der Waals surface area contributed by atoms with E-state index in [2.05, 4.69) is 11.9 Å². The van der Waals surface area contributed by atoms with E-state index in [1.54, 1.807) is 6.20 Å². The maximum atomic E-state index is 5.93. The van der Waals surface area contributed by atoms with Crippen LogP contribution in [0.15, 0.2) is 12.3 Å². The fraction of sp³-hybridized carbons (Fsp3) is 0.643. The van der Waals surface area contributed by atoms with Crippen LogP contribution in [0.1, 0.15) is 51.0 Å². The number of rotatable bonds is 9. The molecule has 102 valence electrons. The molecule has 1 aromatic heterocycles. The molecule has 1 heterocycles. The molecule has 0 fully saturated rings. The molecule has 0 bridgehead atoms. The second kappa shape index (κ2) is 9.46. The van der Waals surface area contributed by atoms with Crippen LogP contribution in [-0.2, 0) is 5.88 Å². The van der Waals surface area contributed by atoms with Gasteiger partial charge in [0.1, 0.15) is 0 Å². The Kier molecular flexibility index (Phi) is 8.19. The van der Waals surface area contributed by atoms with Crippen molar-refractivity contribution >= 4 is 23.2 Å². The smallest absolute Gasteiger partial charge is 0.213 e. The lowest BCUT2D eigenvalue weighted by atomic mass is 10.1. The molecule has 0 aliphatic rings. The van der Waals surface area contributed by atoms with E-state index in [4.69, 9.17) is 27.9 Å². The summed E-state index contributed by atoms with van der Waals surface area (Å²) in [6.07, 6.45) is 9.12. The average Bonchev–Trinajstić information content (AvgIpc) is 2.39. The molecule has 2 nitrogen and oxygen atoms in total. The first-order valence-corrected chi connectivity index (χ1v) is 7.52. The van der Waals surface area contributed by atoms with Crippen molar-refractivity contribution < 1.29 is 4.74 Å². The number of hydrogen-bond acceptors (Lipinski definition) is 2. The van der Waals surface area contributed by atoms with Crippen LogP contribution in [0.25, 0.3) is 0 Å². The zero-order chi connectivity index (χ0) is 13.2. The van der Waals surface area contributed by atoms with Crippen molar-refractivity contribution in [1.82, 2.24) is 4.98 Å². The first kappa shape index (κ1) is 15.6. The summed E-state index contributed by atoms with van der Waals surface area (Å²) < 4.78 is 5.58. The van der Waals surface area contributed by atoms with Crippen molar-refractivity contribution in [3.05, 3.63) is 22.8 Å². The summed E-state index contributed by atoms with van der Waals surface area (Å²) >= 11 is 11.7. The number of alkyl halides is 1. The zero-order valence-electron chi connectivity index (χ0n) is 10.9. The molecule has 18 heavy (non-hydrogen) atoms. The minimum absolute atomic E-state index is 0.384. The molecule has 0 aliphatic heterocycles. The minimum atomic E-state index is 0.384. The molecule has 0 N–H and O–H groups in total. The molecule has 0 aromatic carbocycles. The van der Waals surface area contributed by atoms with Crippen LogP contribution in [0, 0.1) is 0 Å². The topological polar surface area (TPSA) is 22.1 Å². The SMILES string of the molecule is CCCCCCCCOc1cc(CCl)c(Cl)cn1. The van der Waals surface area contributed by atoms with Gasteiger partial charge >= 0.3 is 0 Å². The molecule has 0 aliphatic carbocycles. The molecular formula is C14H21Cl2NO. The predicted octanol–water partition coefficient (Wildman–Crippen LogP) is 5.21. The molecular weight excluding hydrogens is 269 g/mol. The number of halogens is 2. The molecule has 1 aromatic rings. The highest BCUT2D eigenvalue weighted by Crippen LogP contribution is 2.21. The van der Waals surface area contributed by atoms with Gasteiger partial charge in [-0.15, -0.1) is 11.6 Å². The molecule has 1 rings (SSSR count). The van der Waals surface area contributed by atoms with Gasteiger partial charge in [-0.3, -0.25) is 0 Å². The van der Waals surface area contributed by atoms with Gasteiger partial charge in [0.2, 0.25) is 5.88 Å². The summed E-state index contributed by atoms with van der Waals surface area (Å²) in [6, 6.07) is 1.81. The number of pyridine rings is 1. The number of aromatic nitrogens is 1. The number of ether oxygens (including phenoxy) is 1. The highest BCUT2D eigenvalue weighted by molar-refractivity contribution is 6.32. The summed E-state index contributed by atoms with van der Waals surface area (Å²) in [5.41, 5.74) is 0.867. The standard InChI is InChI=1S/C14H21Cl2NO/c1-2-3-4-5-6-7-8-18-14-9-12(10-15)13(16)11-17-14/h9,11H,2-8,10H2,1H3. The van der Waals surface area contributed by atoms with Crippen molar-refractivity contribution in [2.75, 3.05) is 6.61 Å². The monoisotopic (exact) mass is 289 g/mol. The van der Waals surface area contributed by atoms with E-state index < -0.39 is 0 Å². The zero-order valence-corrected chi connectivity index (χ0v) is 12.4. The van der Waals surface area contributed by atoms with Gasteiger partial charge in [0, 0.05) is 18.1 Å². The van der Waals surface area contributed by atoms with Gasteiger partial charge in [-0.05, 0) is 12.0 Å². The third kappa shape index (κ3) is 5.92. The molecule has 0 radical (unpaired) electrons. The van der Waals surface area contributed by atoms with Gasteiger partial charge in [0.05, 0.1) is 11.6 Å². The number of hydrogen-bond donors (Lipinski definition) is 0. The van der Waals surface area contributed by atoms with Gasteiger partial charge in [-0.1, -0.05) is 50.6 Å². The van der Waals surface area contributed by atoms with Crippen LogP contribution in [-0.4, -0.2) is 11.6 Å². The Bertz CT molecular complexity index is 345. The molecule has 0 amide bonds. The van der Waals surface area contributed by atoms with Crippen LogP contribution in [0.3, 0.4) is 0 Å². The van der Waals surface area contributed by atoms with E-state index in [9.17, 15) is 0 Å². The Labute approximate surface area is 120 Å². The lowest BCUT2D eigenvalue weighted by molar-refractivity contribution is 0.293. The summed E-state index contributed by atoms with van der Waals surface area (Å²) in [4.78, 5) is 4.12. The minimum Gasteiger partial charge on any atom is -0.478 e. The Hall–Kier alpha value is -0.470. The predicted molar refractivity (Wildman–Crippen MR) is 77.7 cm³/mol. The maximum absolute atomic E-state index is 5.93. The second-order valence-corrected chi connectivity index (χ2v) is 5.04. The third-order valence-electron chi connectivity index (χ3n) is 2.80. The maximum Gasteiger partial charge on any atom is 0.213 e. The average molecular weight is 290 g/mol. The van der Waals surface area contributed by atoms with E-state index in [-0.39, 0.29) is 0 Å². The van der Waals surface area contributed by atoms with E-state index in [1.165, 1.54) is 32.1 Å². The van der Waals surface area contributed by atoms with Crippen molar-refractivity contribution in [3.63, 3.8) is 0 Å². The fourth-order valence-corrected chi connectivity index (χ4v) is 2.16. The van der Waals surface area contributed by atoms with Gasteiger partial charge < -0.3 is 4.74 Å². The van der Waals surface area contributed by atoms with Gasteiger partial charge in [-0.2, -0.15) is 0 Å². The van der Waals surface area contributed by atoms with Crippen molar-refractivity contribution in [3.8, 4) is 5.88 Å². The van der Waals surface area contributed by atoms with Crippen LogP contribution in [0.2, 0.25) is 5.02 Å². The van der Waals surface area contributed by atoms with E-state index in [1.807, 2.05) is 6.07 Å². The number of nitrogens with zero attached hydrogens (tertiary/aromatic N) is 1. The Morgan fingerprint density at radius 3 is 2.61 bits per heavy atom. The summed E-state index contributed by atoms with van der Waals surface area (Å²) in [6.45, 7) is 2.94. The first-order valence-electron chi connectivity index (χ1n) is 6.61. The van der Waals surface area contributed by atoms with Crippen molar-refractivity contribution in [2.24, 2.45) is 0 Å². The molecule has 0 spiro atoms. The summed E-state index contributed by atoms with van der Waals surface area (Å²) in [7, 11) is 0.